The van der Waals surface area contributed by atoms with Crippen molar-refractivity contribution >= 4 is 43.5 Å². The summed E-state index contributed by atoms with van der Waals surface area (Å²) in [6.45, 7) is 5.33. The van der Waals surface area contributed by atoms with Crippen LogP contribution in [0, 0.1) is 13.8 Å². The third-order valence-corrected chi connectivity index (χ3v) is 8.77. The lowest BCUT2D eigenvalue weighted by atomic mass is 10.1. The predicted octanol–water partition coefficient (Wildman–Crippen LogP) is 4.82. The fourth-order valence-electron chi connectivity index (χ4n) is 4.27. The molecule has 0 fully saturated rings. The maximum absolute atomic E-state index is 14.0. The van der Waals surface area contributed by atoms with Crippen molar-refractivity contribution in [2.75, 3.05) is 25.0 Å². The fourth-order valence-corrected chi connectivity index (χ4v) is 6.40. The van der Waals surface area contributed by atoms with Crippen LogP contribution >= 0.6 is 15.9 Å². The van der Waals surface area contributed by atoms with Crippen LogP contribution in [0.5, 0.6) is 5.75 Å². The Labute approximate surface area is 239 Å². The van der Waals surface area contributed by atoms with Gasteiger partial charge in [0.15, 0.2) is 0 Å². The number of ether oxygens (including phenoxy) is 1. The second-order valence-electron chi connectivity index (χ2n) is 9.19. The first-order valence-corrected chi connectivity index (χ1v) is 14.7. The summed E-state index contributed by atoms with van der Waals surface area (Å²) in [7, 11) is -1.17. The highest BCUT2D eigenvalue weighted by molar-refractivity contribution is 9.10. The number of amides is 2. The lowest BCUT2D eigenvalue weighted by Gasteiger charge is -2.33. The molecule has 39 heavy (non-hydrogen) atoms. The zero-order valence-corrected chi connectivity index (χ0v) is 25.2. The largest absolute Gasteiger partial charge is 0.496 e. The molecule has 1 atom stereocenters. The standard InChI is InChI=1S/C29H34BrN3O5S/c1-6-26(29(35)31-4)32(18-22-9-7-8-21(3)16-22)28(34)19-33(23-12-10-20(2)11-13-23)39(36,37)24-14-15-27(38-5)25(30)17-24/h7-17,26H,6,18-19H2,1-5H3,(H,31,35)/t26-/m0/s1. The molecule has 0 bridgehead atoms. The lowest BCUT2D eigenvalue weighted by molar-refractivity contribution is -0.140. The third kappa shape index (κ3) is 7.19. The van der Waals surface area contributed by atoms with E-state index in [1.54, 1.807) is 30.3 Å². The van der Waals surface area contributed by atoms with E-state index < -0.39 is 28.5 Å². The second kappa shape index (κ2) is 13.1. The molecule has 3 aromatic carbocycles. The van der Waals surface area contributed by atoms with Crippen molar-refractivity contribution in [2.24, 2.45) is 0 Å². The number of halogens is 1. The first-order valence-electron chi connectivity index (χ1n) is 12.5. The van der Waals surface area contributed by atoms with Gasteiger partial charge < -0.3 is 15.0 Å². The van der Waals surface area contributed by atoms with Crippen LogP contribution in [0.15, 0.2) is 76.1 Å². The molecule has 208 valence electrons. The number of nitrogens with zero attached hydrogens (tertiary/aromatic N) is 2. The van der Waals surface area contributed by atoms with Gasteiger partial charge in [-0.25, -0.2) is 8.42 Å². The van der Waals surface area contributed by atoms with Crippen molar-refractivity contribution in [2.45, 2.75) is 44.7 Å². The molecule has 8 nitrogen and oxygen atoms in total. The minimum Gasteiger partial charge on any atom is -0.496 e. The molecule has 3 rings (SSSR count). The number of benzene rings is 3. The second-order valence-corrected chi connectivity index (χ2v) is 11.9. The van der Waals surface area contributed by atoms with Gasteiger partial charge in [0.1, 0.15) is 18.3 Å². The van der Waals surface area contributed by atoms with E-state index in [-0.39, 0.29) is 17.3 Å². The molecular weight excluding hydrogens is 582 g/mol. The summed E-state index contributed by atoms with van der Waals surface area (Å²) in [6, 6.07) is 18.2. The van der Waals surface area contributed by atoms with Crippen molar-refractivity contribution in [3.8, 4) is 5.75 Å². The van der Waals surface area contributed by atoms with Gasteiger partial charge in [0, 0.05) is 13.6 Å². The predicted molar refractivity (Wildman–Crippen MR) is 156 cm³/mol. The lowest BCUT2D eigenvalue weighted by Crippen LogP contribution is -2.51. The number of sulfonamides is 1. The van der Waals surface area contributed by atoms with E-state index in [4.69, 9.17) is 4.74 Å². The summed E-state index contributed by atoms with van der Waals surface area (Å²) in [4.78, 5) is 28.2. The highest BCUT2D eigenvalue weighted by Crippen LogP contribution is 2.31. The molecule has 10 heteroatoms. The molecule has 0 saturated carbocycles. The summed E-state index contributed by atoms with van der Waals surface area (Å²) in [5, 5.41) is 2.63. The molecule has 0 spiro atoms. The van der Waals surface area contributed by atoms with Crippen molar-refractivity contribution in [3.05, 3.63) is 87.9 Å². The zero-order valence-electron chi connectivity index (χ0n) is 22.8. The van der Waals surface area contributed by atoms with E-state index in [9.17, 15) is 18.0 Å². The molecule has 0 saturated heterocycles. The number of hydrogen-bond donors (Lipinski definition) is 1. The molecule has 2 amide bonds. The third-order valence-electron chi connectivity index (χ3n) is 6.38. The summed E-state index contributed by atoms with van der Waals surface area (Å²) < 4.78 is 34.8. The quantitative estimate of drug-likeness (QED) is 0.333. The number of rotatable bonds is 11. The van der Waals surface area contributed by atoms with Gasteiger partial charge >= 0.3 is 0 Å². The Balaban J connectivity index is 2.08. The zero-order chi connectivity index (χ0) is 28.7. The average molecular weight is 617 g/mol. The number of likely N-dealkylation sites (N-methyl/N-ethyl adjacent to an activating group) is 1. The van der Waals surface area contributed by atoms with Gasteiger partial charge in [-0.3, -0.25) is 13.9 Å². The Hall–Kier alpha value is -3.37. The van der Waals surface area contributed by atoms with Crippen LogP contribution in [0.2, 0.25) is 0 Å². The van der Waals surface area contributed by atoms with Crippen LogP contribution in [0.3, 0.4) is 0 Å². The molecule has 0 aromatic heterocycles. The molecule has 0 aliphatic rings. The van der Waals surface area contributed by atoms with Gasteiger partial charge in [-0.15, -0.1) is 0 Å². The molecule has 0 aliphatic heterocycles. The van der Waals surface area contributed by atoms with Crippen molar-refractivity contribution in [1.29, 1.82) is 0 Å². The Morgan fingerprint density at radius 2 is 1.69 bits per heavy atom. The molecule has 3 aromatic rings. The van der Waals surface area contributed by atoms with Gasteiger partial charge in [0.2, 0.25) is 11.8 Å². The Morgan fingerprint density at radius 3 is 2.26 bits per heavy atom. The number of anilines is 1. The SMILES string of the molecule is CC[C@@H](C(=O)NC)N(Cc1cccc(C)c1)C(=O)CN(c1ccc(C)cc1)S(=O)(=O)c1ccc(OC)c(Br)c1. The minimum absolute atomic E-state index is 0.00729. The molecule has 0 unspecified atom stereocenters. The summed E-state index contributed by atoms with van der Waals surface area (Å²) in [5.74, 6) is -0.335. The van der Waals surface area contributed by atoms with E-state index >= 15 is 0 Å². The Morgan fingerprint density at radius 1 is 1.00 bits per heavy atom. The Kier molecular flexibility index (Phi) is 10.2. The monoisotopic (exact) mass is 615 g/mol. The van der Waals surface area contributed by atoms with Crippen LogP contribution in [0.4, 0.5) is 5.69 Å². The minimum atomic E-state index is -4.18. The normalized spacial score (nSPS) is 11.9. The van der Waals surface area contributed by atoms with Crippen LogP contribution in [0.1, 0.15) is 30.0 Å². The fraction of sp³-hybridized carbons (Fsp3) is 0.310. The summed E-state index contributed by atoms with van der Waals surface area (Å²) >= 11 is 3.36. The number of methoxy groups -OCH3 is 1. The summed E-state index contributed by atoms with van der Waals surface area (Å²) in [6.07, 6.45) is 0.361. The smallest absolute Gasteiger partial charge is 0.264 e. The molecule has 0 heterocycles. The van der Waals surface area contributed by atoms with Gasteiger partial charge in [0.05, 0.1) is 22.2 Å². The van der Waals surface area contributed by atoms with Crippen LogP contribution in [-0.2, 0) is 26.2 Å². The van der Waals surface area contributed by atoms with E-state index in [2.05, 4.69) is 21.2 Å². The van der Waals surface area contributed by atoms with E-state index in [0.717, 1.165) is 21.0 Å². The summed E-state index contributed by atoms with van der Waals surface area (Å²) in [5.41, 5.74) is 3.14. The molecule has 0 aliphatic carbocycles. The van der Waals surface area contributed by atoms with Gasteiger partial charge in [-0.1, -0.05) is 54.4 Å². The first-order chi connectivity index (χ1) is 18.5. The van der Waals surface area contributed by atoms with Crippen molar-refractivity contribution in [1.82, 2.24) is 10.2 Å². The Bertz CT molecular complexity index is 1430. The first kappa shape index (κ1) is 30.2. The van der Waals surface area contributed by atoms with E-state index in [1.165, 1.54) is 31.2 Å². The highest BCUT2D eigenvalue weighted by atomic mass is 79.9. The number of aryl methyl sites for hydroxylation is 2. The maximum Gasteiger partial charge on any atom is 0.264 e. The highest BCUT2D eigenvalue weighted by Gasteiger charge is 2.33. The van der Waals surface area contributed by atoms with Gasteiger partial charge in [0.25, 0.3) is 10.0 Å². The van der Waals surface area contributed by atoms with E-state index in [0.29, 0.717) is 22.3 Å². The topological polar surface area (TPSA) is 96.0 Å². The van der Waals surface area contributed by atoms with Crippen molar-refractivity contribution in [3.63, 3.8) is 0 Å². The van der Waals surface area contributed by atoms with Crippen molar-refractivity contribution < 1.29 is 22.7 Å². The molecular formula is C29H34BrN3O5S. The number of carbonyl (C=O) groups excluding carboxylic acids is 2. The van der Waals surface area contributed by atoms with Crippen LogP contribution in [0.25, 0.3) is 0 Å². The van der Waals surface area contributed by atoms with Gasteiger partial charge in [-0.05, 0) is 72.1 Å². The molecule has 0 radical (unpaired) electrons. The number of carbonyl (C=O) groups is 2. The number of nitrogens with one attached hydrogen (secondary N) is 1. The maximum atomic E-state index is 14.0. The van der Waals surface area contributed by atoms with Crippen LogP contribution < -0.4 is 14.4 Å². The average Bonchev–Trinajstić information content (AvgIpc) is 2.91. The number of hydrogen-bond acceptors (Lipinski definition) is 5. The van der Waals surface area contributed by atoms with E-state index in [1.807, 2.05) is 45.0 Å². The van der Waals surface area contributed by atoms with Gasteiger partial charge in [-0.2, -0.15) is 0 Å². The molecule has 1 N–H and O–H groups in total. The van der Waals surface area contributed by atoms with Crippen LogP contribution in [-0.4, -0.2) is 51.9 Å².